The summed E-state index contributed by atoms with van der Waals surface area (Å²) >= 11 is 5.67. The molecule has 152 valence electrons. The zero-order valence-electron chi connectivity index (χ0n) is 15.2. The van der Waals surface area contributed by atoms with Gasteiger partial charge in [-0.2, -0.15) is 4.31 Å². The largest absolute Gasteiger partial charge is 0.280 e. The first-order chi connectivity index (χ1) is 13.1. The molecule has 1 aliphatic heterocycles. The molecule has 0 unspecified atom stereocenters. The number of sulfonamides is 2. The average molecular weight is 447 g/mol. The summed E-state index contributed by atoms with van der Waals surface area (Å²) in [6.45, 7) is 2.42. The molecule has 1 heterocycles. The fraction of sp³-hybridized carbons (Fsp3) is 0.333. The second-order valence-electron chi connectivity index (χ2n) is 6.56. The van der Waals surface area contributed by atoms with E-state index in [-0.39, 0.29) is 22.2 Å². The highest BCUT2D eigenvalue weighted by molar-refractivity contribution is 7.92. The maximum Gasteiger partial charge on any atom is 0.261 e. The van der Waals surface area contributed by atoms with Crippen molar-refractivity contribution in [3.8, 4) is 0 Å². The van der Waals surface area contributed by atoms with Gasteiger partial charge in [0, 0.05) is 18.8 Å². The second-order valence-corrected chi connectivity index (χ2v) is 10.7. The molecular formula is C18H20ClFN2O4S2. The molecule has 1 N–H and O–H groups in total. The highest BCUT2D eigenvalue weighted by Gasteiger charge is 2.26. The minimum atomic E-state index is -3.96. The van der Waals surface area contributed by atoms with E-state index in [2.05, 4.69) is 4.72 Å². The molecule has 0 spiro atoms. The average Bonchev–Trinajstić information content (AvgIpc) is 2.63. The molecule has 0 aromatic heterocycles. The molecule has 3 rings (SSSR count). The van der Waals surface area contributed by atoms with Crippen LogP contribution >= 0.6 is 11.6 Å². The van der Waals surface area contributed by atoms with Gasteiger partial charge in [0.25, 0.3) is 10.0 Å². The van der Waals surface area contributed by atoms with Crippen LogP contribution < -0.4 is 4.72 Å². The third kappa shape index (κ3) is 4.48. The molecule has 10 heteroatoms. The van der Waals surface area contributed by atoms with E-state index < -0.39 is 25.9 Å². The first kappa shape index (κ1) is 21.0. The Morgan fingerprint density at radius 2 is 1.86 bits per heavy atom. The molecule has 2 aromatic rings. The van der Waals surface area contributed by atoms with E-state index in [1.54, 1.807) is 18.2 Å². The molecule has 28 heavy (non-hydrogen) atoms. The number of rotatable bonds is 6. The number of anilines is 1. The summed E-state index contributed by atoms with van der Waals surface area (Å²) < 4.78 is 66.9. The predicted molar refractivity (Wildman–Crippen MR) is 107 cm³/mol. The van der Waals surface area contributed by atoms with Crippen molar-refractivity contribution < 1.29 is 21.2 Å². The van der Waals surface area contributed by atoms with Crippen LogP contribution in [0, 0.1) is 5.82 Å². The summed E-state index contributed by atoms with van der Waals surface area (Å²) in [5, 5.41) is -0.287. The van der Waals surface area contributed by atoms with Crippen molar-refractivity contribution in [3.05, 3.63) is 58.4 Å². The van der Waals surface area contributed by atoms with E-state index in [0.29, 0.717) is 25.1 Å². The van der Waals surface area contributed by atoms with Gasteiger partial charge in [-0.1, -0.05) is 24.6 Å². The summed E-state index contributed by atoms with van der Waals surface area (Å²) in [4.78, 5) is -0.163. The molecule has 0 bridgehead atoms. The van der Waals surface area contributed by atoms with Crippen molar-refractivity contribution in [1.29, 1.82) is 0 Å². The fourth-order valence-electron chi connectivity index (χ4n) is 3.08. The van der Waals surface area contributed by atoms with Crippen LogP contribution in [0.15, 0.2) is 41.3 Å². The molecule has 0 amide bonds. The lowest BCUT2D eigenvalue weighted by atomic mass is 10.0. The van der Waals surface area contributed by atoms with Crippen molar-refractivity contribution in [2.45, 2.75) is 31.2 Å². The second kappa shape index (κ2) is 7.98. The van der Waals surface area contributed by atoms with Crippen LogP contribution in [-0.2, 0) is 33.0 Å². The van der Waals surface area contributed by atoms with Gasteiger partial charge in [0.2, 0.25) is 10.0 Å². The molecule has 0 radical (unpaired) electrons. The molecule has 0 atom stereocenters. The van der Waals surface area contributed by atoms with Crippen LogP contribution in [-0.4, -0.2) is 33.4 Å². The third-order valence-corrected chi connectivity index (χ3v) is 8.18. The number of hydrogen-bond donors (Lipinski definition) is 1. The Kier molecular flexibility index (Phi) is 6.00. The van der Waals surface area contributed by atoms with Gasteiger partial charge in [-0.05, 0) is 54.3 Å². The highest BCUT2D eigenvalue weighted by Crippen LogP contribution is 2.27. The summed E-state index contributed by atoms with van der Waals surface area (Å²) in [6.07, 6.45) is 1.10. The topological polar surface area (TPSA) is 83.6 Å². The van der Waals surface area contributed by atoms with Gasteiger partial charge in [0.1, 0.15) is 5.82 Å². The summed E-state index contributed by atoms with van der Waals surface area (Å²) in [5.74, 6) is -0.622. The number of nitrogens with zero attached hydrogens (tertiary/aromatic N) is 1. The van der Waals surface area contributed by atoms with Gasteiger partial charge in [-0.3, -0.25) is 4.72 Å². The zero-order chi connectivity index (χ0) is 20.5. The smallest absolute Gasteiger partial charge is 0.261 e. The summed E-state index contributed by atoms with van der Waals surface area (Å²) in [7, 11) is -7.29. The van der Waals surface area contributed by atoms with E-state index in [1.165, 1.54) is 4.31 Å². The first-order valence-electron chi connectivity index (χ1n) is 8.70. The molecule has 2 aromatic carbocycles. The van der Waals surface area contributed by atoms with Crippen LogP contribution in [0.1, 0.15) is 24.5 Å². The van der Waals surface area contributed by atoms with Gasteiger partial charge in [-0.15, -0.1) is 0 Å². The van der Waals surface area contributed by atoms with Crippen molar-refractivity contribution in [2.24, 2.45) is 0 Å². The zero-order valence-corrected chi connectivity index (χ0v) is 17.5. The molecule has 0 aliphatic carbocycles. The Balaban J connectivity index is 1.85. The van der Waals surface area contributed by atoms with Crippen molar-refractivity contribution in [2.75, 3.05) is 17.0 Å². The third-order valence-electron chi connectivity index (χ3n) is 4.49. The van der Waals surface area contributed by atoms with Gasteiger partial charge >= 0.3 is 0 Å². The first-order valence-corrected chi connectivity index (χ1v) is 12.2. The fourth-order valence-corrected chi connectivity index (χ4v) is 5.88. The van der Waals surface area contributed by atoms with E-state index in [9.17, 15) is 21.2 Å². The number of halogens is 2. The van der Waals surface area contributed by atoms with Crippen molar-refractivity contribution in [3.63, 3.8) is 0 Å². The van der Waals surface area contributed by atoms with Crippen LogP contribution in [0.3, 0.4) is 0 Å². The minimum absolute atomic E-state index is 0.0833. The quantitative estimate of drug-likeness (QED) is 0.737. The number of nitrogens with one attached hydrogen (secondary N) is 1. The molecule has 0 fully saturated rings. The van der Waals surface area contributed by atoms with Gasteiger partial charge in [-0.25, -0.2) is 21.2 Å². The number of hydrogen-bond acceptors (Lipinski definition) is 4. The van der Waals surface area contributed by atoms with Crippen LogP contribution in [0.25, 0.3) is 0 Å². The Hall–Kier alpha value is -1.68. The predicted octanol–water partition coefficient (Wildman–Crippen LogP) is 3.38. The van der Waals surface area contributed by atoms with Gasteiger partial charge in [0.05, 0.1) is 15.7 Å². The molecule has 0 saturated heterocycles. The Morgan fingerprint density at radius 1 is 1.11 bits per heavy atom. The summed E-state index contributed by atoms with van der Waals surface area (Å²) in [6, 6.07) is 8.19. The van der Waals surface area contributed by atoms with Gasteiger partial charge < -0.3 is 0 Å². The maximum absolute atomic E-state index is 13.3. The standard InChI is InChI=1S/C18H20ClFN2O4S2/c1-2-9-27(23,24)22-8-7-13-3-4-15(10-14(13)12-22)21-28(25,26)16-5-6-18(20)17(19)11-16/h3-6,10-11,21H,2,7-9,12H2,1H3. The maximum atomic E-state index is 13.3. The SMILES string of the molecule is CCCS(=O)(=O)N1CCc2ccc(NS(=O)(=O)c3ccc(F)c(Cl)c3)cc2C1. The monoisotopic (exact) mass is 446 g/mol. The molecule has 1 aliphatic rings. The number of benzene rings is 2. The van der Waals surface area contributed by atoms with E-state index in [1.807, 2.05) is 6.92 Å². The van der Waals surface area contributed by atoms with E-state index in [0.717, 1.165) is 29.3 Å². The lowest BCUT2D eigenvalue weighted by Gasteiger charge is -2.28. The Bertz CT molecular complexity index is 1100. The van der Waals surface area contributed by atoms with E-state index >= 15 is 0 Å². The van der Waals surface area contributed by atoms with Crippen LogP contribution in [0.5, 0.6) is 0 Å². The van der Waals surface area contributed by atoms with Crippen LogP contribution in [0.4, 0.5) is 10.1 Å². The van der Waals surface area contributed by atoms with Crippen molar-refractivity contribution >= 4 is 37.3 Å². The van der Waals surface area contributed by atoms with E-state index in [4.69, 9.17) is 11.6 Å². The molecular weight excluding hydrogens is 427 g/mol. The minimum Gasteiger partial charge on any atom is -0.280 e. The summed E-state index contributed by atoms with van der Waals surface area (Å²) in [5.41, 5.74) is 2.04. The Morgan fingerprint density at radius 3 is 2.54 bits per heavy atom. The normalized spacial score (nSPS) is 15.2. The van der Waals surface area contributed by atoms with Crippen molar-refractivity contribution in [1.82, 2.24) is 4.31 Å². The lowest BCUT2D eigenvalue weighted by molar-refractivity contribution is 0.391. The Labute approximate surface area is 169 Å². The van der Waals surface area contributed by atoms with Gasteiger partial charge in [0.15, 0.2) is 0 Å². The highest BCUT2D eigenvalue weighted by atomic mass is 35.5. The lowest BCUT2D eigenvalue weighted by Crippen LogP contribution is -2.37. The molecule has 6 nitrogen and oxygen atoms in total. The van der Waals surface area contributed by atoms with Crippen LogP contribution in [0.2, 0.25) is 5.02 Å². The number of fused-ring (bicyclic) bond motifs is 1. The molecule has 0 saturated carbocycles.